The molecule has 0 saturated heterocycles. The SMILES string of the molecule is CCC[C@@H](C)Nc1ccc2cc(NC(=O)CCc3ccc(C(F)(F)F)cc3)ccc2n1. The first-order valence-corrected chi connectivity index (χ1v) is 10.4. The van der Waals surface area contributed by atoms with E-state index in [4.69, 9.17) is 0 Å². The van der Waals surface area contributed by atoms with Crippen molar-refractivity contribution >= 4 is 28.3 Å². The second-order valence-electron chi connectivity index (χ2n) is 7.68. The smallest absolute Gasteiger partial charge is 0.368 e. The van der Waals surface area contributed by atoms with E-state index < -0.39 is 11.7 Å². The van der Waals surface area contributed by atoms with Gasteiger partial charge in [0.1, 0.15) is 5.82 Å². The fourth-order valence-corrected chi connectivity index (χ4v) is 3.38. The molecule has 1 heterocycles. The van der Waals surface area contributed by atoms with Gasteiger partial charge in [-0.25, -0.2) is 4.98 Å². The van der Waals surface area contributed by atoms with E-state index in [1.807, 2.05) is 24.3 Å². The Labute approximate surface area is 179 Å². The van der Waals surface area contributed by atoms with Crippen LogP contribution in [0.2, 0.25) is 0 Å². The number of hydrogen-bond acceptors (Lipinski definition) is 3. The van der Waals surface area contributed by atoms with Crippen molar-refractivity contribution in [1.82, 2.24) is 4.98 Å². The van der Waals surface area contributed by atoms with Gasteiger partial charge in [0.15, 0.2) is 0 Å². The fraction of sp³-hybridized carbons (Fsp3) is 0.333. The predicted octanol–water partition coefficient (Wildman–Crippen LogP) is 6.43. The quantitative estimate of drug-likeness (QED) is 0.434. The number of pyridine rings is 1. The van der Waals surface area contributed by atoms with Crippen molar-refractivity contribution < 1.29 is 18.0 Å². The molecule has 3 rings (SSSR count). The maximum absolute atomic E-state index is 12.6. The minimum atomic E-state index is -4.36. The van der Waals surface area contributed by atoms with Gasteiger partial charge in [0.05, 0.1) is 11.1 Å². The number of anilines is 2. The number of nitrogens with one attached hydrogen (secondary N) is 2. The fourth-order valence-electron chi connectivity index (χ4n) is 3.38. The Hall–Kier alpha value is -3.09. The zero-order valence-corrected chi connectivity index (χ0v) is 17.6. The van der Waals surface area contributed by atoms with Gasteiger partial charge in [-0.15, -0.1) is 0 Å². The lowest BCUT2D eigenvalue weighted by molar-refractivity contribution is -0.137. The summed E-state index contributed by atoms with van der Waals surface area (Å²) in [4.78, 5) is 16.9. The Bertz CT molecular complexity index is 1030. The molecular formula is C24H26F3N3O. The number of aryl methyl sites for hydroxylation is 1. The number of nitrogens with zero attached hydrogens (tertiary/aromatic N) is 1. The van der Waals surface area contributed by atoms with Crippen LogP contribution in [-0.2, 0) is 17.4 Å². The number of alkyl halides is 3. The van der Waals surface area contributed by atoms with Crippen molar-refractivity contribution in [2.24, 2.45) is 0 Å². The lowest BCUT2D eigenvalue weighted by atomic mass is 10.1. The van der Waals surface area contributed by atoms with Crippen LogP contribution in [0.1, 0.15) is 44.2 Å². The molecule has 164 valence electrons. The number of halogens is 3. The highest BCUT2D eigenvalue weighted by Gasteiger charge is 2.29. The molecular weight excluding hydrogens is 403 g/mol. The predicted molar refractivity (Wildman–Crippen MR) is 118 cm³/mol. The van der Waals surface area contributed by atoms with Gasteiger partial charge in [0.25, 0.3) is 0 Å². The van der Waals surface area contributed by atoms with Gasteiger partial charge in [0.2, 0.25) is 5.91 Å². The van der Waals surface area contributed by atoms with Gasteiger partial charge in [-0.05, 0) is 67.8 Å². The van der Waals surface area contributed by atoms with E-state index in [1.165, 1.54) is 12.1 Å². The van der Waals surface area contributed by atoms with Crippen LogP contribution < -0.4 is 10.6 Å². The molecule has 2 N–H and O–H groups in total. The van der Waals surface area contributed by atoms with Gasteiger partial charge in [0, 0.05) is 23.5 Å². The van der Waals surface area contributed by atoms with E-state index in [0.29, 0.717) is 23.7 Å². The third-order valence-electron chi connectivity index (χ3n) is 5.01. The molecule has 1 amide bonds. The highest BCUT2D eigenvalue weighted by molar-refractivity contribution is 5.94. The van der Waals surface area contributed by atoms with Gasteiger partial charge in [-0.1, -0.05) is 25.5 Å². The molecule has 4 nitrogen and oxygen atoms in total. The van der Waals surface area contributed by atoms with Crippen LogP contribution in [0.5, 0.6) is 0 Å². The number of hydrogen-bond donors (Lipinski definition) is 2. The van der Waals surface area contributed by atoms with Crippen LogP contribution in [-0.4, -0.2) is 16.9 Å². The summed E-state index contributed by atoms with van der Waals surface area (Å²) < 4.78 is 37.9. The summed E-state index contributed by atoms with van der Waals surface area (Å²) in [7, 11) is 0. The molecule has 0 bridgehead atoms. The lowest BCUT2D eigenvalue weighted by Crippen LogP contribution is -2.15. The van der Waals surface area contributed by atoms with E-state index in [9.17, 15) is 18.0 Å². The first-order valence-electron chi connectivity index (χ1n) is 10.4. The lowest BCUT2D eigenvalue weighted by Gasteiger charge is -2.14. The van der Waals surface area contributed by atoms with E-state index in [1.54, 1.807) is 6.07 Å². The Morgan fingerprint density at radius 3 is 2.48 bits per heavy atom. The highest BCUT2D eigenvalue weighted by Crippen LogP contribution is 2.29. The molecule has 0 aliphatic rings. The number of amides is 1. The summed E-state index contributed by atoms with van der Waals surface area (Å²) in [6, 6.07) is 14.6. The number of rotatable bonds is 8. The Balaban J connectivity index is 1.57. The van der Waals surface area contributed by atoms with Gasteiger partial charge in [-0.2, -0.15) is 13.2 Å². The summed E-state index contributed by atoms with van der Waals surface area (Å²) in [6.07, 6.45) is -1.64. The monoisotopic (exact) mass is 429 g/mol. The standard InChI is InChI=1S/C24H26F3N3O/c1-3-4-16(2)28-22-13-8-18-15-20(11-12-21(18)30-22)29-23(31)14-7-17-5-9-19(10-6-17)24(25,26)27/h5-6,8-13,15-16H,3-4,7,14H2,1-2H3,(H,28,30)(H,29,31)/t16-/m1/s1. The van der Waals surface area contributed by atoms with Gasteiger partial charge < -0.3 is 10.6 Å². The first kappa shape index (κ1) is 22.6. The van der Waals surface area contributed by atoms with Crippen molar-refractivity contribution in [3.8, 4) is 0 Å². The second kappa shape index (κ2) is 9.81. The Kier molecular flexibility index (Phi) is 7.15. The number of carbonyl (C=O) groups excluding carboxylic acids is 1. The van der Waals surface area contributed by atoms with Crippen molar-refractivity contribution in [1.29, 1.82) is 0 Å². The van der Waals surface area contributed by atoms with Crippen molar-refractivity contribution in [2.75, 3.05) is 10.6 Å². The molecule has 31 heavy (non-hydrogen) atoms. The van der Waals surface area contributed by atoms with Gasteiger partial charge in [-0.3, -0.25) is 4.79 Å². The normalized spacial score (nSPS) is 12.5. The zero-order valence-electron chi connectivity index (χ0n) is 17.6. The van der Waals surface area contributed by atoms with E-state index in [2.05, 4.69) is 29.5 Å². The van der Waals surface area contributed by atoms with Crippen LogP contribution in [0.3, 0.4) is 0 Å². The molecule has 0 aliphatic heterocycles. The molecule has 1 atom stereocenters. The maximum Gasteiger partial charge on any atom is 0.416 e. The third-order valence-corrected chi connectivity index (χ3v) is 5.01. The number of aromatic nitrogens is 1. The Morgan fingerprint density at radius 2 is 1.81 bits per heavy atom. The topological polar surface area (TPSA) is 54.0 Å². The van der Waals surface area contributed by atoms with E-state index in [0.717, 1.165) is 41.7 Å². The first-order chi connectivity index (χ1) is 14.7. The minimum absolute atomic E-state index is 0.180. The molecule has 2 aromatic carbocycles. The van der Waals surface area contributed by atoms with Crippen LogP contribution >= 0.6 is 0 Å². The minimum Gasteiger partial charge on any atom is -0.368 e. The van der Waals surface area contributed by atoms with Crippen LogP contribution in [0.15, 0.2) is 54.6 Å². The molecule has 0 aliphatic carbocycles. The number of benzene rings is 2. The molecule has 0 radical (unpaired) electrons. The molecule has 0 unspecified atom stereocenters. The van der Waals surface area contributed by atoms with E-state index >= 15 is 0 Å². The highest BCUT2D eigenvalue weighted by atomic mass is 19.4. The van der Waals surface area contributed by atoms with Crippen LogP contribution in [0.4, 0.5) is 24.7 Å². The molecule has 7 heteroatoms. The van der Waals surface area contributed by atoms with Gasteiger partial charge >= 0.3 is 6.18 Å². The molecule has 3 aromatic rings. The molecule has 0 fully saturated rings. The van der Waals surface area contributed by atoms with E-state index in [-0.39, 0.29) is 12.3 Å². The molecule has 0 saturated carbocycles. The summed E-state index contributed by atoms with van der Waals surface area (Å²) in [5.41, 5.74) is 1.48. The zero-order chi connectivity index (χ0) is 22.4. The third kappa shape index (κ3) is 6.44. The number of carbonyl (C=O) groups is 1. The van der Waals surface area contributed by atoms with Crippen LogP contribution in [0.25, 0.3) is 10.9 Å². The number of fused-ring (bicyclic) bond motifs is 1. The molecule has 0 spiro atoms. The largest absolute Gasteiger partial charge is 0.416 e. The van der Waals surface area contributed by atoms with Crippen molar-refractivity contribution in [2.45, 2.75) is 51.7 Å². The van der Waals surface area contributed by atoms with Crippen LogP contribution in [0, 0.1) is 0 Å². The summed E-state index contributed by atoms with van der Waals surface area (Å²) in [5, 5.41) is 7.13. The molecule has 1 aromatic heterocycles. The second-order valence-corrected chi connectivity index (χ2v) is 7.68. The summed E-state index contributed by atoms with van der Waals surface area (Å²) in [6.45, 7) is 4.27. The maximum atomic E-state index is 12.6. The summed E-state index contributed by atoms with van der Waals surface area (Å²) in [5.74, 6) is 0.626. The Morgan fingerprint density at radius 1 is 1.06 bits per heavy atom. The average Bonchev–Trinajstić information content (AvgIpc) is 2.72. The van der Waals surface area contributed by atoms with Crippen molar-refractivity contribution in [3.05, 3.63) is 65.7 Å². The summed E-state index contributed by atoms with van der Waals surface area (Å²) >= 11 is 0. The average molecular weight is 429 g/mol. The van der Waals surface area contributed by atoms with Crippen molar-refractivity contribution in [3.63, 3.8) is 0 Å².